The van der Waals surface area contributed by atoms with E-state index in [0.29, 0.717) is 0 Å². The fraction of sp³-hybridized carbons (Fsp3) is 0. The van der Waals surface area contributed by atoms with Crippen LogP contribution < -0.4 is 5.73 Å². The minimum atomic E-state index is -0.686. The summed E-state index contributed by atoms with van der Waals surface area (Å²) in [7, 11) is 0. The average molecular weight is 169 g/mol. The second-order valence-corrected chi connectivity index (χ2v) is 2.42. The molecule has 3 nitrogen and oxygen atoms in total. The van der Waals surface area contributed by atoms with Gasteiger partial charge in [0.05, 0.1) is 0 Å². The number of aromatic nitrogens is 2. The van der Waals surface area contributed by atoms with Crippen molar-refractivity contribution in [2.75, 3.05) is 5.73 Å². The quantitative estimate of drug-likeness (QED) is 0.626. The molecule has 2 aromatic rings. The van der Waals surface area contributed by atoms with Crippen LogP contribution in [0.4, 0.5) is 14.6 Å². The third kappa shape index (κ3) is 0.827. The van der Waals surface area contributed by atoms with E-state index in [4.69, 9.17) is 5.73 Å². The molecule has 0 aliphatic rings. The number of halogens is 2. The molecule has 0 aliphatic heterocycles. The number of hydrogen-bond donors (Lipinski definition) is 2. The molecule has 2 rings (SSSR count). The molecule has 0 aliphatic carbocycles. The molecule has 0 fully saturated rings. The Morgan fingerprint density at radius 1 is 1.33 bits per heavy atom. The van der Waals surface area contributed by atoms with Crippen LogP contribution in [-0.2, 0) is 0 Å². The first-order valence-electron chi connectivity index (χ1n) is 3.27. The number of nitrogens with two attached hydrogens (primary N) is 1. The minimum Gasteiger partial charge on any atom is -0.382 e. The van der Waals surface area contributed by atoms with Crippen molar-refractivity contribution in [3.05, 3.63) is 23.8 Å². The summed E-state index contributed by atoms with van der Waals surface area (Å²) in [6, 6.07) is 1.91. The molecule has 1 aromatic carbocycles. The Hall–Kier alpha value is -1.65. The van der Waals surface area contributed by atoms with Crippen LogP contribution in [0.3, 0.4) is 0 Å². The zero-order valence-corrected chi connectivity index (χ0v) is 5.94. The highest BCUT2D eigenvalue weighted by molar-refractivity contribution is 5.88. The number of anilines is 1. The van der Waals surface area contributed by atoms with E-state index in [-0.39, 0.29) is 16.7 Å². The molecule has 0 saturated carbocycles. The van der Waals surface area contributed by atoms with E-state index in [1.807, 2.05) is 0 Å². The van der Waals surface area contributed by atoms with Gasteiger partial charge in [-0.15, -0.1) is 0 Å². The SMILES string of the molecule is Nc1n[nH]c2c(F)cc(F)cc12. The lowest BCUT2D eigenvalue weighted by Crippen LogP contribution is -1.85. The highest BCUT2D eigenvalue weighted by Crippen LogP contribution is 2.21. The van der Waals surface area contributed by atoms with E-state index in [9.17, 15) is 8.78 Å². The first kappa shape index (κ1) is 7.02. The second-order valence-electron chi connectivity index (χ2n) is 2.42. The lowest BCUT2D eigenvalue weighted by Gasteiger charge is -1.92. The van der Waals surface area contributed by atoms with Crippen molar-refractivity contribution < 1.29 is 8.78 Å². The van der Waals surface area contributed by atoms with E-state index in [2.05, 4.69) is 10.2 Å². The number of nitrogens with zero attached hydrogens (tertiary/aromatic N) is 1. The predicted octanol–water partition coefficient (Wildman–Crippen LogP) is 1.42. The van der Waals surface area contributed by atoms with Gasteiger partial charge in [0.1, 0.15) is 11.3 Å². The predicted molar refractivity (Wildman–Crippen MR) is 40.4 cm³/mol. The van der Waals surface area contributed by atoms with Crippen LogP contribution >= 0.6 is 0 Å². The Morgan fingerprint density at radius 2 is 2.08 bits per heavy atom. The molecule has 1 heterocycles. The van der Waals surface area contributed by atoms with Gasteiger partial charge >= 0.3 is 0 Å². The molecule has 5 heteroatoms. The van der Waals surface area contributed by atoms with Gasteiger partial charge in [-0.05, 0) is 6.07 Å². The maximum atomic E-state index is 12.9. The summed E-state index contributed by atoms with van der Waals surface area (Å²) in [5.74, 6) is -1.24. The summed E-state index contributed by atoms with van der Waals surface area (Å²) < 4.78 is 25.5. The van der Waals surface area contributed by atoms with E-state index in [1.165, 1.54) is 0 Å². The van der Waals surface area contributed by atoms with Gasteiger partial charge in [-0.3, -0.25) is 5.10 Å². The van der Waals surface area contributed by atoms with Crippen molar-refractivity contribution in [2.45, 2.75) is 0 Å². The third-order valence-corrected chi connectivity index (χ3v) is 1.62. The van der Waals surface area contributed by atoms with Crippen LogP contribution in [0.15, 0.2) is 12.1 Å². The first-order valence-corrected chi connectivity index (χ1v) is 3.27. The van der Waals surface area contributed by atoms with Gasteiger partial charge in [-0.1, -0.05) is 0 Å². The van der Waals surface area contributed by atoms with Gasteiger partial charge in [-0.2, -0.15) is 5.10 Å². The van der Waals surface area contributed by atoms with Crippen molar-refractivity contribution in [2.24, 2.45) is 0 Å². The maximum absolute atomic E-state index is 12.9. The Labute approximate surface area is 66.2 Å². The lowest BCUT2D eigenvalue weighted by atomic mass is 10.2. The highest BCUT2D eigenvalue weighted by Gasteiger charge is 2.08. The standard InChI is InChI=1S/C7H5F2N3/c8-3-1-4-6(5(9)2-3)11-12-7(4)10/h1-2H,(H3,10,11,12). The van der Waals surface area contributed by atoms with E-state index in [0.717, 1.165) is 12.1 Å². The number of benzene rings is 1. The van der Waals surface area contributed by atoms with Crippen LogP contribution in [0.1, 0.15) is 0 Å². The van der Waals surface area contributed by atoms with Crippen LogP contribution in [0.2, 0.25) is 0 Å². The fourth-order valence-corrected chi connectivity index (χ4v) is 1.07. The number of nitrogens with one attached hydrogen (secondary N) is 1. The summed E-state index contributed by atoms with van der Waals surface area (Å²) >= 11 is 0. The smallest absolute Gasteiger partial charge is 0.153 e. The van der Waals surface area contributed by atoms with Crippen LogP contribution in [0.25, 0.3) is 10.9 Å². The molecule has 0 bridgehead atoms. The molecule has 0 unspecified atom stereocenters. The summed E-state index contributed by atoms with van der Waals surface area (Å²) in [5, 5.41) is 6.18. The van der Waals surface area contributed by atoms with Crippen LogP contribution in [-0.4, -0.2) is 10.2 Å². The molecule has 12 heavy (non-hydrogen) atoms. The Morgan fingerprint density at radius 3 is 2.83 bits per heavy atom. The number of fused-ring (bicyclic) bond motifs is 1. The van der Waals surface area contributed by atoms with E-state index in [1.54, 1.807) is 0 Å². The Balaban J connectivity index is 2.92. The topological polar surface area (TPSA) is 54.7 Å². The minimum absolute atomic E-state index is 0.100. The first-order chi connectivity index (χ1) is 5.68. The van der Waals surface area contributed by atoms with Crippen molar-refractivity contribution in [1.82, 2.24) is 10.2 Å². The molecule has 3 N–H and O–H groups in total. The summed E-state index contributed by atoms with van der Waals surface area (Å²) in [5.41, 5.74) is 5.47. The molecule has 0 atom stereocenters. The molecular weight excluding hydrogens is 164 g/mol. The summed E-state index contributed by atoms with van der Waals surface area (Å²) in [6.45, 7) is 0. The van der Waals surface area contributed by atoms with Crippen LogP contribution in [0.5, 0.6) is 0 Å². The molecule has 0 amide bonds. The largest absolute Gasteiger partial charge is 0.382 e. The van der Waals surface area contributed by atoms with Crippen LogP contribution in [0, 0.1) is 11.6 Å². The van der Waals surface area contributed by atoms with Gasteiger partial charge in [0.25, 0.3) is 0 Å². The fourth-order valence-electron chi connectivity index (χ4n) is 1.07. The Kier molecular flexibility index (Phi) is 1.27. The molecular formula is C7H5F2N3. The number of hydrogen-bond acceptors (Lipinski definition) is 2. The number of nitrogen functional groups attached to an aromatic ring is 1. The number of rotatable bonds is 0. The van der Waals surface area contributed by atoms with Crippen molar-refractivity contribution >= 4 is 16.7 Å². The number of aromatic amines is 1. The highest BCUT2D eigenvalue weighted by atomic mass is 19.1. The third-order valence-electron chi connectivity index (χ3n) is 1.62. The molecule has 0 saturated heterocycles. The van der Waals surface area contributed by atoms with Gasteiger partial charge in [0.2, 0.25) is 0 Å². The summed E-state index contributed by atoms with van der Waals surface area (Å²) in [4.78, 5) is 0. The normalized spacial score (nSPS) is 10.8. The van der Waals surface area contributed by atoms with Gasteiger partial charge in [-0.25, -0.2) is 8.78 Å². The van der Waals surface area contributed by atoms with Gasteiger partial charge in [0.15, 0.2) is 11.6 Å². The molecule has 62 valence electrons. The van der Waals surface area contributed by atoms with Gasteiger partial charge < -0.3 is 5.73 Å². The lowest BCUT2D eigenvalue weighted by molar-refractivity contribution is 0.590. The van der Waals surface area contributed by atoms with Crippen molar-refractivity contribution in [3.8, 4) is 0 Å². The zero-order chi connectivity index (χ0) is 8.72. The monoisotopic (exact) mass is 169 g/mol. The second kappa shape index (κ2) is 2.17. The maximum Gasteiger partial charge on any atom is 0.153 e. The van der Waals surface area contributed by atoms with E-state index >= 15 is 0 Å². The summed E-state index contributed by atoms with van der Waals surface area (Å²) in [6.07, 6.45) is 0. The number of H-pyrrole nitrogens is 1. The average Bonchev–Trinajstić information content (AvgIpc) is 2.33. The van der Waals surface area contributed by atoms with E-state index < -0.39 is 11.6 Å². The van der Waals surface area contributed by atoms with Gasteiger partial charge in [0, 0.05) is 11.5 Å². The van der Waals surface area contributed by atoms with Crippen molar-refractivity contribution in [1.29, 1.82) is 0 Å². The molecule has 0 radical (unpaired) electrons. The zero-order valence-electron chi connectivity index (χ0n) is 5.94. The molecule has 0 spiro atoms. The Bertz CT molecular complexity index is 435. The molecule has 1 aromatic heterocycles. The van der Waals surface area contributed by atoms with Crippen molar-refractivity contribution in [3.63, 3.8) is 0 Å².